The number of hydrogen-bond acceptors (Lipinski definition) is 2. The van der Waals surface area contributed by atoms with Crippen LogP contribution < -0.4 is 0 Å². The van der Waals surface area contributed by atoms with Crippen LogP contribution in [0.5, 0.6) is 0 Å². The van der Waals surface area contributed by atoms with Crippen molar-refractivity contribution in [2.45, 2.75) is 6.54 Å². The third-order valence-corrected chi connectivity index (χ3v) is 2.50. The second-order valence-corrected chi connectivity index (χ2v) is 3.65. The minimum absolute atomic E-state index is 0. The highest BCUT2D eigenvalue weighted by atomic mass is 127. The number of rotatable bonds is 2. The van der Waals surface area contributed by atoms with Crippen LogP contribution in [0.25, 0.3) is 0 Å². The van der Waals surface area contributed by atoms with Gasteiger partial charge in [0.1, 0.15) is 0 Å². The highest BCUT2D eigenvalue weighted by molar-refractivity contribution is 14.0. The number of thioether (sulfide) groups is 1. The van der Waals surface area contributed by atoms with E-state index < -0.39 is 0 Å². The highest BCUT2D eigenvalue weighted by Crippen LogP contribution is 2.06. The number of halogens is 1. The Morgan fingerprint density at radius 1 is 1.36 bits per heavy atom. The molecule has 14 heavy (non-hydrogen) atoms. The SMILES string of the molecule is CSC(=N)N(C)Cc1ccccc1.I. The van der Waals surface area contributed by atoms with Crippen LogP contribution in [0.3, 0.4) is 0 Å². The Bertz CT molecular complexity index is 277. The molecule has 1 aromatic carbocycles. The molecule has 2 nitrogen and oxygen atoms in total. The van der Waals surface area contributed by atoms with Gasteiger partial charge < -0.3 is 4.90 Å². The van der Waals surface area contributed by atoms with E-state index in [2.05, 4.69) is 12.1 Å². The molecule has 0 aliphatic carbocycles. The lowest BCUT2D eigenvalue weighted by molar-refractivity contribution is 0.508. The van der Waals surface area contributed by atoms with Crippen molar-refractivity contribution < 1.29 is 0 Å². The molecule has 1 aromatic rings. The van der Waals surface area contributed by atoms with E-state index >= 15 is 0 Å². The van der Waals surface area contributed by atoms with Crippen LogP contribution in [-0.2, 0) is 6.54 Å². The van der Waals surface area contributed by atoms with E-state index in [0.29, 0.717) is 5.17 Å². The number of nitrogens with zero attached hydrogens (tertiary/aromatic N) is 1. The van der Waals surface area contributed by atoms with Gasteiger partial charge in [0.15, 0.2) is 5.17 Å². The monoisotopic (exact) mass is 322 g/mol. The zero-order valence-electron chi connectivity index (χ0n) is 8.36. The molecule has 0 unspecified atom stereocenters. The summed E-state index contributed by atoms with van der Waals surface area (Å²) in [7, 11) is 1.94. The van der Waals surface area contributed by atoms with Gasteiger partial charge in [0, 0.05) is 13.6 Å². The van der Waals surface area contributed by atoms with Crippen LogP contribution in [0.1, 0.15) is 5.56 Å². The quantitative estimate of drug-likeness (QED) is 0.515. The summed E-state index contributed by atoms with van der Waals surface area (Å²) < 4.78 is 0. The molecule has 0 fully saturated rings. The van der Waals surface area contributed by atoms with Crippen LogP contribution in [0.15, 0.2) is 30.3 Å². The molecule has 0 atom stereocenters. The molecule has 0 aliphatic heterocycles. The van der Waals surface area contributed by atoms with E-state index in [1.165, 1.54) is 17.3 Å². The summed E-state index contributed by atoms with van der Waals surface area (Å²) in [6, 6.07) is 10.2. The van der Waals surface area contributed by atoms with E-state index in [1.807, 2.05) is 36.4 Å². The Labute approximate surface area is 107 Å². The fourth-order valence-corrected chi connectivity index (χ4v) is 1.46. The molecular weight excluding hydrogens is 307 g/mol. The van der Waals surface area contributed by atoms with Gasteiger partial charge in [-0.1, -0.05) is 42.1 Å². The molecule has 0 spiro atoms. The Morgan fingerprint density at radius 2 is 1.93 bits per heavy atom. The van der Waals surface area contributed by atoms with Gasteiger partial charge in [0.05, 0.1) is 0 Å². The fourth-order valence-electron chi connectivity index (χ4n) is 1.08. The molecule has 4 heteroatoms. The Balaban J connectivity index is 0.00000169. The van der Waals surface area contributed by atoms with Crippen molar-refractivity contribution in [1.82, 2.24) is 4.90 Å². The Morgan fingerprint density at radius 3 is 2.43 bits per heavy atom. The molecular formula is C10H15IN2S. The number of amidine groups is 1. The number of nitrogens with one attached hydrogen (secondary N) is 1. The third kappa shape index (κ3) is 4.32. The lowest BCUT2D eigenvalue weighted by atomic mass is 10.2. The topological polar surface area (TPSA) is 27.1 Å². The van der Waals surface area contributed by atoms with Gasteiger partial charge in [-0.25, -0.2) is 0 Å². The number of benzene rings is 1. The second kappa shape index (κ2) is 7.11. The van der Waals surface area contributed by atoms with E-state index in [1.54, 1.807) is 0 Å². The zero-order valence-corrected chi connectivity index (χ0v) is 11.5. The van der Waals surface area contributed by atoms with E-state index in [4.69, 9.17) is 5.41 Å². The summed E-state index contributed by atoms with van der Waals surface area (Å²) in [5, 5.41) is 8.18. The first-order chi connectivity index (χ1) is 6.24. The summed E-state index contributed by atoms with van der Waals surface area (Å²) in [6.07, 6.45) is 1.92. The van der Waals surface area contributed by atoms with Gasteiger partial charge in [-0.2, -0.15) is 0 Å². The predicted octanol–water partition coefficient (Wildman–Crippen LogP) is 3.03. The van der Waals surface area contributed by atoms with Crippen molar-refractivity contribution in [1.29, 1.82) is 5.41 Å². The van der Waals surface area contributed by atoms with Gasteiger partial charge in [-0.3, -0.25) is 5.41 Å². The molecule has 0 radical (unpaired) electrons. The van der Waals surface area contributed by atoms with Gasteiger partial charge in [-0.15, -0.1) is 24.0 Å². The molecule has 0 aromatic heterocycles. The van der Waals surface area contributed by atoms with Crippen LogP contribution in [0, 0.1) is 5.41 Å². The summed E-state index contributed by atoms with van der Waals surface area (Å²) in [6.45, 7) is 0.806. The third-order valence-electron chi connectivity index (χ3n) is 1.80. The minimum atomic E-state index is 0. The molecule has 1 N–H and O–H groups in total. The van der Waals surface area contributed by atoms with Crippen molar-refractivity contribution in [3.63, 3.8) is 0 Å². The van der Waals surface area contributed by atoms with Gasteiger partial charge in [0.2, 0.25) is 0 Å². The fraction of sp³-hybridized carbons (Fsp3) is 0.300. The Kier molecular flexibility index (Phi) is 7.00. The van der Waals surface area contributed by atoms with Crippen molar-refractivity contribution in [2.24, 2.45) is 0 Å². The largest absolute Gasteiger partial charge is 0.350 e. The molecule has 0 aliphatic rings. The Hall–Kier alpha value is -0.230. The van der Waals surface area contributed by atoms with Gasteiger partial charge in [-0.05, 0) is 11.8 Å². The minimum Gasteiger partial charge on any atom is -0.350 e. The van der Waals surface area contributed by atoms with E-state index in [0.717, 1.165) is 6.54 Å². The first-order valence-electron chi connectivity index (χ1n) is 4.11. The highest BCUT2D eigenvalue weighted by Gasteiger charge is 2.02. The van der Waals surface area contributed by atoms with E-state index in [9.17, 15) is 0 Å². The number of hydrogen-bond donors (Lipinski definition) is 1. The average molecular weight is 322 g/mol. The summed E-state index contributed by atoms with van der Waals surface area (Å²) >= 11 is 1.46. The van der Waals surface area contributed by atoms with Crippen molar-refractivity contribution in [2.75, 3.05) is 13.3 Å². The lowest BCUT2D eigenvalue weighted by Gasteiger charge is -2.17. The maximum Gasteiger partial charge on any atom is 0.156 e. The molecule has 0 saturated heterocycles. The van der Waals surface area contributed by atoms with E-state index in [-0.39, 0.29) is 24.0 Å². The summed E-state index contributed by atoms with van der Waals surface area (Å²) in [5.74, 6) is 0. The van der Waals surface area contributed by atoms with Crippen LogP contribution >= 0.6 is 35.7 Å². The average Bonchev–Trinajstić information content (AvgIpc) is 2.18. The van der Waals surface area contributed by atoms with Crippen molar-refractivity contribution in [3.05, 3.63) is 35.9 Å². The smallest absolute Gasteiger partial charge is 0.156 e. The zero-order chi connectivity index (χ0) is 9.68. The normalized spacial score (nSPS) is 9.00. The molecule has 1 rings (SSSR count). The molecule has 78 valence electrons. The van der Waals surface area contributed by atoms with Crippen molar-refractivity contribution >= 4 is 40.9 Å². The first kappa shape index (κ1) is 13.8. The lowest BCUT2D eigenvalue weighted by Crippen LogP contribution is -2.22. The molecule has 0 saturated carbocycles. The van der Waals surface area contributed by atoms with Crippen LogP contribution in [-0.4, -0.2) is 23.4 Å². The van der Waals surface area contributed by atoms with Crippen LogP contribution in [0.2, 0.25) is 0 Å². The second-order valence-electron chi connectivity index (χ2n) is 2.85. The molecule has 0 heterocycles. The standard InChI is InChI=1S/C10H14N2S.HI/c1-12(10(11)13-2)8-9-6-4-3-5-7-9;/h3-7,11H,8H2,1-2H3;1H. The predicted molar refractivity (Wildman–Crippen MR) is 74.6 cm³/mol. The summed E-state index contributed by atoms with van der Waals surface area (Å²) in [4.78, 5) is 1.93. The van der Waals surface area contributed by atoms with Crippen LogP contribution in [0.4, 0.5) is 0 Å². The van der Waals surface area contributed by atoms with Gasteiger partial charge >= 0.3 is 0 Å². The maximum atomic E-state index is 7.58. The van der Waals surface area contributed by atoms with Crippen molar-refractivity contribution in [3.8, 4) is 0 Å². The molecule has 0 bridgehead atoms. The first-order valence-corrected chi connectivity index (χ1v) is 5.34. The molecule has 0 amide bonds. The summed E-state index contributed by atoms with van der Waals surface area (Å²) in [5.41, 5.74) is 1.24. The maximum absolute atomic E-state index is 7.58. The van der Waals surface area contributed by atoms with Gasteiger partial charge in [0.25, 0.3) is 0 Å².